The largest absolute Gasteiger partial charge is 1.00 e. The summed E-state index contributed by atoms with van der Waals surface area (Å²) in [4.78, 5) is 10.3. The maximum absolute atomic E-state index is 10.3. The van der Waals surface area contributed by atoms with E-state index in [1.54, 1.807) is 12.1 Å². The van der Waals surface area contributed by atoms with Crippen LogP contribution in [0.4, 0.5) is 0 Å². The van der Waals surface area contributed by atoms with E-state index in [0.29, 0.717) is 0 Å². The van der Waals surface area contributed by atoms with E-state index in [1.165, 1.54) is 12.1 Å². The van der Waals surface area contributed by atoms with E-state index in [1.807, 2.05) is 0 Å². The summed E-state index contributed by atoms with van der Waals surface area (Å²) in [5.41, 5.74) is 6.02. The first kappa shape index (κ1) is 13.4. The van der Waals surface area contributed by atoms with E-state index in [4.69, 9.17) is 10.8 Å². The molecule has 14 heavy (non-hydrogen) atoms. The molecule has 3 N–H and O–H groups in total. The van der Waals surface area contributed by atoms with Crippen molar-refractivity contribution in [3.05, 3.63) is 29.8 Å². The molecule has 1 atom stereocenters. The summed E-state index contributed by atoms with van der Waals surface area (Å²) in [5, 5.41) is 19.2. The van der Waals surface area contributed by atoms with Crippen molar-refractivity contribution in [1.82, 2.24) is 0 Å². The molecule has 4 nitrogen and oxygen atoms in total. The van der Waals surface area contributed by atoms with E-state index < -0.39 is 12.0 Å². The van der Waals surface area contributed by atoms with Crippen LogP contribution in [0.1, 0.15) is 5.56 Å². The Morgan fingerprint density at radius 3 is 2.36 bits per heavy atom. The molecular formula is C9H10NNaO3. The molecule has 0 spiro atoms. The normalized spacial score (nSPS) is 11.5. The molecule has 0 saturated carbocycles. The van der Waals surface area contributed by atoms with Crippen molar-refractivity contribution < 1.29 is 44.6 Å². The molecule has 0 amide bonds. The number of carbonyl (C=O) groups is 1. The Bertz CT molecular complexity index is 299. The molecule has 1 aromatic rings. The van der Waals surface area contributed by atoms with Crippen molar-refractivity contribution in [3.63, 3.8) is 0 Å². The van der Waals surface area contributed by atoms with Crippen molar-refractivity contribution >= 4 is 5.97 Å². The summed E-state index contributed by atoms with van der Waals surface area (Å²) in [7, 11) is 0. The van der Waals surface area contributed by atoms with E-state index in [0.717, 1.165) is 5.56 Å². The van der Waals surface area contributed by atoms with E-state index >= 15 is 0 Å². The number of phenolic OH excluding ortho intramolecular Hbond substituents is 1. The van der Waals surface area contributed by atoms with Gasteiger partial charge in [0.05, 0.1) is 5.97 Å². The summed E-state index contributed by atoms with van der Waals surface area (Å²) < 4.78 is 0. The molecule has 1 rings (SSSR count). The minimum Gasteiger partial charge on any atom is -0.548 e. The second-order valence-electron chi connectivity index (χ2n) is 2.80. The number of nitrogens with two attached hydrogens (primary N) is 1. The Balaban J connectivity index is 0.00000169. The Morgan fingerprint density at radius 1 is 1.43 bits per heavy atom. The average Bonchev–Trinajstić information content (AvgIpc) is 2.08. The van der Waals surface area contributed by atoms with Gasteiger partial charge in [0.2, 0.25) is 0 Å². The Kier molecular flexibility index (Phi) is 5.79. The van der Waals surface area contributed by atoms with Crippen LogP contribution in [0.2, 0.25) is 0 Å². The van der Waals surface area contributed by atoms with Crippen LogP contribution in [-0.2, 0) is 11.2 Å². The zero-order chi connectivity index (χ0) is 9.84. The SMILES string of the molecule is NC(Cc1ccc(O)cc1)C(=O)[O-].[Na+]. The zero-order valence-electron chi connectivity index (χ0n) is 7.93. The van der Waals surface area contributed by atoms with Crippen LogP contribution < -0.4 is 40.4 Å². The molecule has 0 aromatic heterocycles. The molecular weight excluding hydrogens is 193 g/mol. The zero-order valence-corrected chi connectivity index (χ0v) is 9.93. The van der Waals surface area contributed by atoms with Crippen LogP contribution in [0.25, 0.3) is 0 Å². The second kappa shape index (κ2) is 6.03. The molecule has 70 valence electrons. The van der Waals surface area contributed by atoms with Crippen LogP contribution in [0.5, 0.6) is 5.75 Å². The van der Waals surface area contributed by atoms with Crippen molar-refractivity contribution in [1.29, 1.82) is 0 Å². The molecule has 0 fully saturated rings. The molecule has 0 aliphatic carbocycles. The quantitative estimate of drug-likeness (QED) is 0.490. The fourth-order valence-electron chi connectivity index (χ4n) is 0.969. The third-order valence-corrected chi connectivity index (χ3v) is 1.69. The van der Waals surface area contributed by atoms with Gasteiger partial charge in [0.1, 0.15) is 5.75 Å². The molecule has 0 aliphatic heterocycles. The first-order chi connectivity index (χ1) is 6.09. The number of benzene rings is 1. The molecule has 1 aromatic carbocycles. The number of hydrogen-bond acceptors (Lipinski definition) is 4. The molecule has 0 saturated heterocycles. The smallest absolute Gasteiger partial charge is 0.548 e. The topological polar surface area (TPSA) is 86.4 Å². The van der Waals surface area contributed by atoms with Crippen molar-refractivity contribution in [3.8, 4) is 5.75 Å². The Morgan fingerprint density at radius 2 is 1.93 bits per heavy atom. The molecule has 0 radical (unpaired) electrons. The van der Waals surface area contributed by atoms with E-state index in [-0.39, 0.29) is 41.7 Å². The van der Waals surface area contributed by atoms with Gasteiger partial charge in [0, 0.05) is 6.04 Å². The van der Waals surface area contributed by atoms with Crippen LogP contribution in [0, 0.1) is 0 Å². The number of carboxylic acid groups (broad SMARTS) is 1. The number of aliphatic carboxylic acids is 1. The van der Waals surface area contributed by atoms with Gasteiger partial charge < -0.3 is 20.7 Å². The Labute approximate surface area is 104 Å². The first-order valence-corrected chi connectivity index (χ1v) is 3.84. The van der Waals surface area contributed by atoms with Gasteiger partial charge >= 0.3 is 29.6 Å². The fourth-order valence-corrected chi connectivity index (χ4v) is 0.969. The maximum atomic E-state index is 10.3. The third-order valence-electron chi connectivity index (χ3n) is 1.69. The van der Waals surface area contributed by atoms with Crippen molar-refractivity contribution in [2.75, 3.05) is 0 Å². The van der Waals surface area contributed by atoms with E-state index in [2.05, 4.69) is 0 Å². The summed E-state index contributed by atoms with van der Waals surface area (Å²) in [6.07, 6.45) is 0.211. The van der Waals surface area contributed by atoms with Crippen LogP contribution in [0.3, 0.4) is 0 Å². The van der Waals surface area contributed by atoms with Gasteiger partial charge in [-0.3, -0.25) is 0 Å². The summed E-state index contributed by atoms with van der Waals surface area (Å²) in [6, 6.07) is 5.22. The molecule has 5 heteroatoms. The van der Waals surface area contributed by atoms with Crippen LogP contribution >= 0.6 is 0 Å². The van der Waals surface area contributed by atoms with Gasteiger partial charge in [-0.15, -0.1) is 0 Å². The predicted molar refractivity (Wildman–Crippen MR) is 44.8 cm³/mol. The number of hydrogen-bond donors (Lipinski definition) is 2. The van der Waals surface area contributed by atoms with Gasteiger partial charge in [-0.05, 0) is 24.1 Å². The standard InChI is InChI=1S/C9H11NO3.Na/c10-8(9(12)13)5-6-1-3-7(11)4-2-6;/h1-4,8,11H,5,10H2,(H,12,13);/q;+1/p-1. The molecule has 1 unspecified atom stereocenters. The van der Waals surface area contributed by atoms with Gasteiger partial charge in [0.15, 0.2) is 0 Å². The van der Waals surface area contributed by atoms with Gasteiger partial charge in [-0.2, -0.15) is 0 Å². The number of phenols is 1. The fraction of sp³-hybridized carbons (Fsp3) is 0.222. The van der Waals surface area contributed by atoms with Crippen molar-refractivity contribution in [2.24, 2.45) is 5.73 Å². The monoisotopic (exact) mass is 203 g/mol. The molecule has 0 aliphatic rings. The van der Waals surface area contributed by atoms with Gasteiger partial charge in [0.25, 0.3) is 0 Å². The number of carbonyl (C=O) groups excluding carboxylic acids is 1. The number of rotatable bonds is 3. The minimum absolute atomic E-state index is 0. The van der Waals surface area contributed by atoms with Crippen molar-refractivity contribution in [2.45, 2.75) is 12.5 Å². The summed E-state index contributed by atoms with van der Waals surface area (Å²) >= 11 is 0. The summed E-state index contributed by atoms with van der Waals surface area (Å²) in [6.45, 7) is 0. The van der Waals surface area contributed by atoms with Crippen LogP contribution in [-0.4, -0.2) is 17.1 Å². The number of carboxylic acids is 1. The van der Waals surface area contributed by atoms with Gasteiger partial charge in [-0.25, -0.2) is 0 Å². The minimum atomic E-state index is -1.27. The second-order valence-corrected chi connectivity index (χ2v) is 2.80. The molecule has 0 bridgehead atoms. The summed E-state index contributed by atoms with van der Waals surface area (Å²) in [5.74, 6) is -1.13. The maximum Gasteiger partial charge on any atom is 1.00 e. The van der Waals surface area contributed by atoms with Gasteiger partial charge in [-0.1, -0.05) is 12.1 Å². The van der Waals surface area contributed by atoms with Crippen LogP contribution in [0.15, 0.2) is 24.3 Å². The van der Waals surface area contributed by atoms with E-state index in [9.17, 15) is 9.90 Å². The third kappa shape index (κ3) is 4.11. The average molecular weight is 203 g/mol. The predicted octanol–water partition coefficient (Wildman–Crippen LogP) is -3.98. The number of aromatic hydroxyl groups is 1. The first-order valence-electron chi connectivity index (χ1n) is 3.84. The Hall–Kier alpha value is -0.550. The molecule has 0 heterocycles.